The molecule has 0 aliphatic heterocycles. The Kier molecular flexibility index (Phi) is 5.11. The average Bonchev–Trinajstić information content (AvgIpc) is 2.75. The van der Waals surface area contributed by atoms with Crippen molar-refractivity contribution in [2.75, 3.05) is 0 Å². The van der Waals surface area contributed by atoms with Gasteiger partial charge < -0.3 is 0 Å². The first-order valence-electron chi connectivity index (χ1n) is 9.41. The Labute approximate surface area is 166 Å². The topological polar surface area (TPSA) is 25.8 Å². The second kappa shape index (κ2) is 8.01. The molecule has 136 valence electrons. The van der Waals surface area contributed by atoms with Gasteiger partial charge in [0.1, 0.15) is 0 Å². The summed E-state index contributed by atoms with van der Waals surface area (Å²) in [4.78, 5) is 8.44. The fourth-order valence-corrected chi connectivity index (χ4v) is 3.39. The van der Waals surface area contributed by atoms with E-state index in [-0.39, 0.29) is 0 Å². The molecule has 28 heavy (non-hydrogen) atoms. The summed E-state index contributed by atoms with van der Waals surface area (Å²) < 4.78 is 0. The van der Waals surface area contributed by atoms with Crippen molar-refractivity contribution in [2.24, 2.45) is 0 Å². The highest BCUT2D eigenvalue weighted by molar-refractivity contribution is 6.04. The van der Waals surface area contributed by atoms with Gasteiger partial charge in [-0.05, 0) is 71.5 Å². The van der Waals surface area contributed by atoms with Crippen LogP contribution < -0.4 is 0 Å². The van der Waals surface area contributed by atoms with E-state index in [1.807, 2.05) is 24.8 Å². The molecule has 0 bridgehead atoms. The van der Waals surface area contributed by atoms with Crippen molar-refractivity contribution in [3.05, 3.63) is 131 Å². The molecule has 0 amide bonds. The molecule has 0 radical (unpaired) electrons. The standard InChI is InChI=1S/C26H22N2/c1-19-3-7-21(8-4-19)25(23-11-15-27-16-12-23)26(24-13-17-28-18-14-24)22-9-5-20(2)6-10-22/h3-18H,1-2H3/b26-25+. The Bertz CT molecular complexity index is 988. The third kappa shape index (κ3) is 3.77. The lowest BCUT2D eigenvalue weighted by Gasteiger charge is -2.18. The number of aryl methyl sites for hydroxylation is 2. The minimum absolute atomic E-state index is 1.14. The molecule has 0 saturated carbocycles. The van der Waals surface area contributed by atoms with Crippen LogP contribution in [0.25, 0.3) is 11.1 Å². The lowest BCUT2D eigenvalue weighted by Crippen LogP contribution is -1.98. The molecule has 2 aromatic carbocycles. The van der Waals surface area contributed by atoms with Crippen LogP contribution >= 0.6 is 0 Å². The summed E-state index contributed by atoms with van der Waals surface area (Å²) in [6, 6.07) is 25.7. The maximum absolute atomic E-state index is 4.22. The molecular formula is C26H22N2. The van der Waals surface area contributed by atoms with Gasteiger partial charge in [-0.1, -0.05) is 59.7 Å². The van der Waals surface area contributed by atoms with E-state index in [0.29, 0.717) is 0 Å². The van der Waals surface area contributed by atoms with Gasteiger partial charge in [-0.3, -0.25) is 9.97 Å². The smallest absolute Gasteiger partial charge is 0.0273 e. The van der Waals surface area contributed by atoms with Crippen molar-refractivity contribution in [1.82, 2.24) is 9.97 Å². The molecule has 0 atom stereocenters. The van der Waals surface area contributed by atoms with Crippen LogP contribution in [0, 0.1) is 13.8 Å². The number of hydrogen-bond acceptors (Lipinski definition) is 2. The highest BCUT2D eigenvalue weighted by atomic mass is 14.6. The van der Waals surface area contributed by atoms with E-state index in [2.05, 4.69) is 96.6 Å². The maximum Gasteiger partial charge on any atom is 0.0273 e. The molecular weight excluding hydrogens is 340 g/mol. The number of hydrogen-bond donors (Lipinski definition) is 0. The van der Waals surface area contributed by atoms with E-state index in [9.17, 15) is 0 Å². The van der Waals surface area contributed by atoms with Gasteiger partial charge in [0, 0.05) is 24.8 Å². The van der Waals surface area contributed by atoms with Gasteiger partial charge in [0.2, 0.25) is 0 Å². The van der Waals surface area contributed by atoms with Gasteiger partial charge >= 0.3 is 0 Å². The summed E-state index contributed by atoms with van der Waals surface area (Å²) in [5.74, 6) is 0. The minimum atomic E-state index is 1.14. The monoisotopic (exact) mass is 362 g/mol. The molecule has 2 heterocycles. The zero-order valence-electron chi connectivity index (χ0n) is 16.1. The fraction of sp³-hybridized carbons (Fsp3) is 0.0769. The van der Waals surface area contributed by atoms with Crippen LogP contribution in [0.15, 0.2) is 97.6 Å². The lowest BCUT2D eigenvalue weighted by atomic mass is 9.86. The lowest BCUT2D eigenvalue weighted by molar-refractivity contribution is 1.30. The van der Waals surface area contributed by atoms with Crippen LogP contribution in [0.1, 0.15) is 33.4 Å². The van der Waals surface area contributed by atoms with Gasteiger partial charge in [-0.15, -0.1) is 0 Å². The van der Waals surface area contributed by atoms with Crippen molar-refractivity contribution in [3.8, 4) is 0 Å². The third-order valence-electron chi connectivity index (χ3n) is 4.87. The van der Waals surface area contributed by atoms with Gasteiger partial charge in [-0.25, -0.2) is 0 Å². The fourth-order valence-electron chi connectivity index (χ4n) is 3.39. The van der Waals surface area contributed by atoms with Crippen LogP contribution in [0.2, 0.25) is 0 Å². The zero-order chi connectivity index (χ0) is 19.3. The Hall–Kier alpha value is -3.52. The van der Waals surface area contributed by atoms with E-state index >= 15 is 0 Å². The third-order valence-corrected chi connectivity index (χ3v) is 4.87. The molecule has 2 heteroatoms. The molecule has 0 spiro atoms. The molecule has 0 unspecified atom stereocenters. The number of pyridine rings is 2. The summed E-state index contributed by atoms with van der Waals surface area (Å²) >= 11 is 0. The molecule has 4 aromatic rings. The molecule has 4 rings (SSSR count). The van der Waals surface area contributed by atoms with Gasteiger partial charge in [0.15, 0.2) is 0 Å². The Morgan fingerprint density at radius 2 is 0.714 bits per heavy atom. The maximum atomic E-state index is 4.22. The zero-order valence-corrected chi connectivity index (χ0v) is 16.1. The normalized spacial score (nSPS) is 11.8. The van der Waals surface area contributed by atoms with Crippen LogP contribution in [0.5, 0.6) is 0 Å². The van der Waals surface area contributed by atoms with Crippen LogP contribution in [-0.2, 0) is 0 Å². The minimum Gasteiger partial charge on any atom is -0.265 e. The predicted octanol–water partition coefficient (Wildman–Crippen LogP) is 6.10. The number of benzene rings is 2. The number of nitrogens with zero attached hydrogens (tertiary/aromatic N) is 2. The van der Waals surface area contributed by atoms with Crippen molar-refractivity contribution in [1.29, 1.82) is 0 Å². The Morgan fingerprint density at radius 1 is 0.429 bits per heavy atom. The van der Waals surface area contributed by atoms with E-state index in [0.717, 1.165) is 11.1 Å². The highest BCUT2D eigenvalue weighted by Gasteiger charge is 2.16. The second-order valence-corrected chi connectivity index (χ2v) is 6.95. The summed E-state index contributed by atoms with van der Waals surface area (Å²) in [7, 11) is 0. The molecule has 0 saturated heterocycles. The van der Waals surface area contributed by atoms with E-state index in [4.69, 9.17) is 0 Å². The number of aromatic nitrogens is 2. The molecule has 0 fully saturated rings. The van der Waals surface area contributed by atoms with Crippen LogP contribution in [0.4, 0.5) is 0 Å². The van der Waals surface area contributed by atoms with Crippen molar-refractivity contribution in [2.45, 2.75) is 13.8 Å². The summed E-state index contributed by atoms with van der Waals surface area (Å²) in [6.45, 7) is 4.23. The highest BCUT2D eigenvalue weighted by Crippen LogP contribution is 2.36. The first-order valence-corrected chi connectivity index (χ1v) is 9.41. The summed E-state index contributed by atoms with van der Waals surface area (Å²) in [6.07, 6.45) is 7.40. The van der Waals surface area contributed by atoms with Crippen LogP contribution in [-0.4, -0.2) is 9.97 Å². The summed E-state index contributed by atoms with van der Waals surface area (Å²) in [5.41, 5.74) is 9.54. The molecule has 0 aliphatic rings. The number of rotatable bonds is 4. The van der Waals surface area contributed by atoms with Gasteiger partial charge in [0.25, 0.3) is 0 Å². The molecule has 2 nitrogen and oxygen atoms in total. The van der Waals surface area contributed by atoms with Gasteiger partial charge in [-0.2, -0.15) is 0 Å². The average molecular weight is 362 g/mol. The quantitative estimate of drug-likeness (QED) is 0.410. The van der Waals surface area contributed by atoms with E-state index in [1.165, 1.54) is 33.4 Å². The first kappa shape index (κ1) is 17.9. The van der Waals surface area contributed by atoms with Gasteiger partial charge in [0.05, 0.1) is 0 Å². The van der Waals surface area contributed by atoms with Crippen molar-refractivity contribution in [3.63, 3.8) is 0 Å². The molecule has 0 N–H and O–H groups in total. The molecule has 0 aliphatic carbocycles. The Balaban J connectivity index is 2.08. The van der Waals surface area contributed by atoms with Crippen LogP contribution in [0.3, 0.4) is 0 Å². The van der Waals surface area contributed by atoms with Crippen molar-refractivity contribution < 1.29 is 0 Å². The predicted molar refractivity (Wildman–Crippen MR) is 116 cm³/mol. The van der Waals surface area contributed by atoms with E-state index in [1.54, 1.807) is 0 Å². The second-order valence-electron chi connectivity index (χ2n) is 6.95. The van der Waals surface area contributed by atoms with E-state index < -0.39 is 0 Å². The Morgan fingerprint density at radius 3 is 1.04 bits per heavy atom. The largest absolute Gasteiger partial charge is 0.265 e. The molecule has 2 aromatic heterocycles. The summed E-state index contributed by atoms with van der Waals surface area (Å²) in [5, 5.41) is 0. The SMILES string of the molecule is Cc1ccc(/C(=C(\c2ccncc2)c2ccc(C)cc2)c2ccncc2)cc1. The van der Waals surface area contributed by atoms with Crippen molar-refractivity contribution >= 4 is 11.1 Å². The first-order chi connectivity index (χ1) is 13.7.